The van der Waals surface area contributed by atoms with Gasteiger partial charge in [0, 0.05) is 24.2 Å². The second-order valence-corrected chi connectivity index (χ2v) is 4.69. The lowest BCUT2D eigenvalue weighted by molar-refractivity contribution is 0.414. The van der Waals surface area contributed by atoms with Gasteiger partial charge in [-0.25, -0.2) is 0 Å². The molecule has 0 aromatic heterocycles. The standard InChI is InChI=1S/C16H19NO3/c1-11(12-4-7-15(20-2)8-5-12)17-10-13-3-6-14(18)9-16(13)19/h3-9,11,17-19H,10H2,1-2H3/t11-/m0/s1. The minimum Gasteiger partial charge on any atom is -0.508 e. The van der Waals surface area contributed by atoms with Crippen molar-refractivity contribution < 1.29 is 14.9 Å². The van der Waals surface area contributed by atoms with Crippen LogP contribution in [0.5, 0.6) is 17.2 Å². The van der Waals surface area contributed by atoms with Gasteiger partial charge in [0.25, 0.3) is 0 Å². The molecule has 0 aliphatic rings. The van der Waals surface area contributed by atoms with Gasteiger partial charge in [-0.05, 0) is 30.7 Å². The number of hydrogen-bond acceptors (Lipinski definition) is 4. The Labute approximate surface area is 118 Å². The summed E-state index contributed by atoms with van der Waals surface area (Å²) in [6.45, 7) is 2.58. The van der Waals surface area contributed by atoms with Crippen molar-refractivity contribution in [1.29, 1.82) is 0 Å². The fraction of sp³-hybridized carbons (Fsp3) is 0.250. The molecule has 2 aromatic carbocycles. The van der Waals surface area contributed by atoms with Gasteiger partial charge in [0.1, 0.15) is 17.2 Å². The van der Waals surface area contributed by atoms with Gasteiger partial charge in [0.2, 0.25) is 0 Å². The quantitative estimate of drug-likeness (QED) is 0.784. The summed E-state index contributed by atoms with van der Waals surface area (Å²) in [5.41, 5.74) is 1.90. The van der Waals surface area contributed by atoms with E-state index in [0.29, 0.717) is 6.54 Å². The summed E-state index contributed by atoms with van der Waals surface area (Å²) in [6, 6.07) is 12.6. The summed E-state index contributed by atoms with van der Waals surface area (Å²) in [7, 11) is 1.64. The number of aromatic hydroxyl groups is 2. The molecule has 0 aliphatic carbocycles. The fourth-order valence-electron chi connectivity index (χ4n) is 1.98. The summed E-state index contributed by atoms with van der Waals surface area (Å²) in [5, 5.41) is 22.3. The zero-order valence-electron chi connectivity index (χ0n) is 11.6. The lowest BCUT2D eigenvalue weighted by atomic mass is 10.1. The lowest BCUT2D eigenvalue weighted by Crippen LogP contribution is -2.18. The highest BCUT2D eigenvalue weighted by Crippen LogP contribution is 2.23. The van der Waals surface area contributed by atoms with Crippen LogP contribution in [-0.2, 0) is 6.54 Å². The zero-order valence-corrected chi connectivity index (χ0v) is 11.6. The molecule has 106 valence electrons. The molecule has 0 bridgehead atoms. The van der Waals surface area contributed by atoms with Gasteiger partial charge in [0.15, 0.2) is 0 Å². The predicted octanol–water partition coefficient (Wildman–Crippen LogP) is 2.96. The second-order valence-electron chi connectivity index (χ2n) is 4.69. The van der Waals surface area contributed by atoms with Crippen LogP contribution in [0.2, 0.25) is 0 Å². The molecule has 4 heteroatoms. The van der Waals surface area contributed by atoms with Crippen LogP contribution in [0.25, 0.3) is 0 Å². The van der Waals surface area contributed by atoms with E-state index < -0.39 is 0 Å². The molecular weight excluding hydrogens is 254 g/mol. The first-order valence-electron chi connectivity index (χ1n) is 6.48. The monoisotopic (exact) mass is 273 g/mol. The Morgan fingerprint density at radius 3 is 2.40 bits per heavy atom. The first kappa shape index (κ1) is 14.2. The van der Waals surface area contributed by atoms with Gasteiger partial charge in [-0.15, -0.1) is 0 Å². The van der Waals surface area contributed by atoms with E-state index in [-0.39, 0.29) is 17.5 Å². The smallest absolute Gasteiger partial charge is 0.123 e. The van der Waals surface area contributed by atoms with Crippen LogP contribution < -0.4 is 10.1 Å². The van der Waals surface area contributed by atoms with Crippen LogP contribution in [0.3, 0.4) is 0 Å². The average Bonchev–Trinajstić information content (AvgIpc) is 2.46. The fourth-order valence-corrected chi connectivity index (χ4v) is 1.98. The van der Waals surface area contributed by atoms with E-state index in [0.717, 1.165) is 16.9 Å². The van der Waals surface area contributed by atoms with Crippen molar-refractivity contribution in [2.75, 3.05) is 7.11 Å². The normalized spacial score (nSPS) is 12.1. The Balaban J connectivity index is 1.98. The molecule has 0 spiro atoms. The zero-order chi connectivity index (χ0) is 14.5. The van der Waals surface area contributed by atoms with Crippen LogP contribution >= 0.6 is 0 Å². The van der Waals surface area contributed by atoms with Crippen molar-refractivity contribution in [3.8, 4) is 17.2 Å². The molecule has 0 amide bonds. The van der Waals surface area contributed by atoms with E-state index in [1.165, 1.54) is 6.07 Å². The van der Waals surface area contributed by atoms with Crippen LogP contribution in [0, 0.1) is 0 Å². The van der Waals surface area contributed by atoms with Gasteiger partial charge < -0.3 is 20.3 Å². The van der Waals surface area contributed by atoms with E-state index in [1.807, 2.05) is 24.3 Å². The third-order valence-electron chi connectivity index (χ3n) is 3.28. The molecule has 3 N–H and O–H groups in total. The highest BCUT2D eigenvalue weighted by Gasteiger charge is 2.07. The molecule has 0 unspecified atom stereocenters. The van der Waals surface area contributed by atoms with Crippen molar-refractivity contribution in [3.05, 3.63) is 53.6 Å². The molecular formula is C16H19NO3. The molecule has 4 nitrogen and oxygen atoms in total. The maximum Gasteiger partial charge on any atom is 0.123 e. The Bertz CT molecular complexity index is 566. The Morgan fingerprint density at radius 2 is 1.80 bits per heavy atom. The van der Waals surface area contributed by atoms with E-state index in [1.54, 1.807) is 19.2 Å². The number of hydrogen-bond donors (Lipinski definition) is 3. The highest BCUT2D eigenvalue weighted by molar-refractivity contribution is 5.39. The number of rotatable bonds is 5. The number of ether oxygens (including phenoxy) is 1. The molecule has 2 aromatic rings. The van der Waals surface area contributed by atoms with Gasteiger partial charge in [-0.1, -0.05) is 18.2 Å². The molecule has 2 rings (SSSR count). The van der Waals surface area contributed by atoms with Crippen LogP contribution in [0.15, 0.2) is 42.5 Å². The maximum absolute atomic E-state index is 9.73. The van der Waals surface area contributed by atoms with Crippen molar-refractivity contribution in [2.24, 2.45) is 0 Å². The number of nitrogens with one attached hydrogen (secondary N) is 1. The molecule has 20 heavy (non-hydrogen) atoms. The van der Waals surface area contributed by atoms with E-state index in [4.69, 9.17) is 4.74 Å². The first-order valence-corrected chi connectivity index (χ1v) is 6.48. The number of methoxy groups -OCH3 is 1. The molecule has 0 saturated heterocycles. The van der Waals surface area contributed by atoms with Crippen molar-refractivity contribution in [3.63, 3.8) is 0 Å². The van der Waals surface area contributed by atoms with E-state index in [2.05, 4.69) is 12.2 Å². The van der Waals surface area contributed by atoms with Gasteiger partial charge in [-0.2, -0.15) is 0 Å². The Kier molecular flexibility index (Phi) is 4.48. The largest absolute Gasteiger partial charge is 0.508 e. The summed E-state index contributed by atoms with van der Waals surface area (Å²) in [4.78, 5) is 0. The van der Waals surface area contributed by atoms with Gasteiger partial charge >= 0.3 is 0 Å². The topological polar surface area (TPSA) is 61.7 Å². The third kappa shape index (κ3) is 3.42. The minimum atomic E-state index is 0.0643. The van der Waals surface area contributed by atoms with Crippen molar-refractivity contribution in [2.45, 2.75) is 19.5 Å². The summed E-state index contributed by atoms with van der Waals surface area (Å²) < 4.78 is 5.13. The molecule has 0 saturated carbocycles. The number of phenols is 2. The van der Waals surface area contributed by atoms with Gasteiger partial charge in [-0.3, -0.25) is 0 Å². The first-order chi connectivity index (χ1) is 9.60. The number of benzene rings is 2. The van der Waals surface area contributed by atoms with Crippen LogP contribution in [0.4, 0.5) is 0 Å². The predicted molar refractivity (Wildman–Crippen MR) is 78.0 cm³/mol. The minimum absolute atomic E-state index is 0.0643. The number of phenolic OH excluding ortho intramolecular Hbond substituents is 2. The van der Waals surface area contributed by atoms with Crippen molar-refractivity contribution in [1.82, 2.24) is 5.32 Å². The van der Waals surface area contributed by atoms with Gasteiger partial charge in [0.05, 0.1) is 7.11 Å². The van der Waals surface area contributed by atoms with E-state index >= 15 is 0 Å². The molecule has 0 radical (unpaired) electrons. The molecule has 1 atom stereocenters. The summed E-state index contributed by atoms with van der Waals surface area (Å²) in [6.07, 6.45) is 0. The Morgan fingerprint density at radius 1 is 1.10 bits per heavy atom. The molecule has 0 heterocycles. The van der Waals surface area contributed by atoms with Crippen molar-refractivity contribution >= 4 is 0 Å². The molecule has 0 aliphatic heterocycles. The Hall–Kier alpha value is -2.20. The summed E-state index contributed by atoms with van der Waals surface area (Å²) in [5.74, 6) is 0.992. The van der Waals surface area contributed by atoms with Crippen LogP contribution in [0.1, 0.15) is 24.1 Å². The average molecular weight is 273 g/mol. The summed E-state index contributed by atoms with van der Waals surface area (Å²) >= 11 is 0. The van der Waals surface area contributed by atoms with Crippen LogP contribution in [-0.4, -0.2) is 17.3 Å². The van der Waals surface area contributed by atoms with E-state index in [9.17, 15) is 10.2 Å². The molecule has 0 fully saturated rings. The second kappa shape index (κ2) is 6.30. The highest BCUT2D eigenvalue weighted by atomic mass is 16.5. The SMILES string of the molecule is COc1ccc([C@H](C)NCc2ccc(O)cc2O)cc1. The maximum atomic E-state index is 9.73. The third-order valence-corrected chi connectivity index (χ3v) is 3.28. The lowest BCUT2D eigenvalue weighted by Gasteiger charge is -2.15.